The van der Waals surface area contributed by atoms with E-state index in [1.165, 1.54) is 9.94 Å². The van der Waals surface area contributed by atoms with Crippen LogP contribution in [0.1, 0.15) is 10.4 Å². The zero-order valence-electron chi connectivity index (χ0n) is 12.1. The van der Waals surface area contributed by atoms with E-state index < -0.39 is 0 Å². The van der Waals surface area contributed by atoms with E-state index in [4.69, 9.17) is 0 Å². The fraction of sp³-hybridized carbons (Fsp3) is 0.267. The number of fused-ring (bicyclic) bond motifs is 2. The van der Waals surface area contributed by atoms with Gasteiger partial charge in [-0.1, -0.05) is 12.1 Å². The molecule has 110 valence electrons. The third-order valence-electron chi connectivity index (χ3n) is 3.29. The summed E-state index contributed by atoms with van der Waals surface area (Å²) < 4.78 is 0. The van der Waals surface area contributed by atoms with Crippen LogP contribution < -0.4 is 10.6 Å². The number of anilines is 2. The second-order valence-corrected chi connectivity index (χ2v) is 6.16. The van der Waals surface area contributed by atoms with Gasteiger partial charge in [0.25, 0.3) is 0 Å². The Morgan fingerprint density at radius 3 is 3.00 bits per heavy atom. The molecule has 0 radical (unpaired) electrons. The average Bonchev–Trinajstić information content (AvgIpc) is 2.76. The summed E-state index contributed by atoms with van der Waals surface area (Å²) in [6.45, 7) is 3.22. The van der Waals surface area contributed by atoms with E-state index in [-0.39, 0.29) is 0 Å². The Morgan fingerprint density at radius 1 is 1.38 bits per heavy atom. The molecule has 1 aromatic heterocycles. The fourth-order valence-electron chi connectivity index (χ4n) is 2.27. The number of likely N-dealkylation sites (N-methyl/N-ethyl adjacent to an activating group) is 1. The Hall–Kier alpha value is -1.89. The number of nitrogens with zero attached hydrogens (tertiary/aromatic N) is 2. The molecule has 0 fully saturated rings. The third kappa shape index (κ3) is 2.78. The third-order valence-corrected chi connectivity index (χ3v) is 4.26. The van der Waals surface area contributed by atoms with Crippen LogP contribution in [0.15, 0.2) is 35.3 Å². The highest BCUT2D eigenvalue weighted by Crippen LogP contribution is 2.38. The Balaban J connectivity index is 2.07. The average molecular weight is 302 g/mol. The van der Waals surface area contributed by atoms with E-state index in [1.807, 2.05) is 31.3 Å². The molecule has 6 heteroatoms. The van der Waals surface area contributed by atoms with Crippen molar-refractivity contribution in [3.63, 3.8) is 0 Å². The second kappa shape index (κ2) is 5.85. The molecule has 0 saturated heterocycles. The van der Waals surface area contributed by atoms with Gasteiger partial charge in [-0.2, -0.15) is 0 Å². The first-order valence-electron chi connectivity index (χ1n) is 6.85. The maximum absolute atomic E-state index is 10.4. The molecule has 1 aliphatic heterocycles. The van der Waals surface area contributed by atoms with Crippen molar-refractivity contribution in [2.24, 2.45) is 4.99 Å². The minimum Gasteiger partial charge on any atom is -0.345 e. The molecule has 3 rings (SSSR count). The van der Waals surface area contributed by atoms with Gasteiger partial charge in [-0.25, -0.2) is 10.1 Å². The molecule has 0 amide bonds. The van der Waals surface area contributed by atoms with Gasteiger partial charge in [0.2, 0.25) is 0 Å². The first-order valence-corrected chi connectivity index (χ1v) is 7.67. The lowest BCUT2D eigenvalue weighted by atomic mass is 10.2. The molecule has 3 N–H and O–H groups in total. The molecule has 0 saturated carbocycles. The number of amidine groups is 1. The number of thiophene rings is 1. The summed E-state index contributed by atoms with van der Waals surface area (Å²) in [4.78, 5) is 5.84. The number of para-hydroxylation sites is 2. The molecule has 1 aliphatic rings. The highest BCUT2D eigenvalue weighted by atomic mass is 32.1. The van der Waals surface area contributed by atoms with Crippen molar-refractivity contribution in [3.8, 4) is 0 Å². The minimum absolute atomic E-state index is 0.478. The molecule has 5 nitrogen and oxygen atoms in total. The highest BCUT2D eigenvalue weighted by molar-refractivity contribution is 7.16. The van der Waals surface area contributed by atoms with E-state index in [9.17, 15) is 5.21 Å². The summed E-state index contributed by atoms with van der Waals surface area (Å²) in [6, 6.07) is 9.92. The van der Waals surface area contributed by atoms with Crippen molar-refractivity contribution in [3.05, 3.63) is 40.8 Å². The molecule has 21 heavy (non-hydrogen) atoms. The first-order chi connectivity index (χ1) is 10.2. The Morgan fingerprint density at radius 2 is 2.19 bits per heavy atom. The maximum atomic E-state index is 10.4. The first kappa shape index (κ1) is 14.1. The van der Waals surface area contributed by atoms with Crippen LogP contribution in [-0.4, -0.2) is 36.2 Å². The SMILES string of the molecule is CNCCN(O)C1=Nc2ccccc2Nc2sc(C)cc21. The number of hydroxylamine groups is 2. The predicted octanol–water partition coefficient (Wildman–Crippen LogP) is 3.10. The van der Waals surface area contributed by atoms with Gasteiger partial charge in [-0.15, -0.1) is 11.3 Å². The molecule has 2 heterocycles. The van der Waals surface area contributed by atoms with Gasteiger partial charge in [0.05, 0.1) is 23.5 Å². The lowest BCUT2D eigenvalue weighted by Crippen LogP contribution is -2.33. The van der Waals surface area contributed by atoms with E-state index in [1.54, 1.807) is 11.3 Å². The summed E-state index contributed by atoms with van der Waals surface area (Å²) in [5.41, 5.74) is 2.72. The van der Waals surface area contributed by atoms with Crippen LogP contribution in [0.2, 0.25) is 0 Å². The maximum Gasteiger partial charge on any atom is 0.163 e. The Kier molecular flexibility index (Phi) is 3.92. The van der Waals surface area contributed by atoms with Crippen LogP contribution in [0, 0.1) is 6.92 Å². The van der Waals surface area contributed by atoms with Crippen molar-refractivity contribution < 1.29 is 5.21 Å². The molecule has 1 aromatic carbocycles. The van der Waals surface area contributed by atoms with Gasteiger partial charge >= 0.3 is 0 Å². The summed E-state index contributed by atoms with van der Waals surface area (Å²) in [5.74, 6) is 0.585. The fourth-order valence-corrected chi connectivity index (χ4v) is 3.19. The molecule has 0 spiro atoms. The van der Waals surface area contributed by atoms with Crippen LogP contribution in [-0.2, 0) is 0 Å². The molecular weight excluding hydrogens is 284 g/mol. The number of aliphatic imine (C=N–C) groups is 1. The number of hydrogen-bond acceptors (Lipinski definition) is 6. The summed E-state index contributed by atoms with van der Waals surface area (Å²) in [7, 11) is 1.86. The summed E-state index contributed by atoms with van der Waals surface area (Å²) >= 11 is 1.67. The molecule has 0 atom stereocenters. The minimum atomic E-state index is 0.478. The normalized spacial score (nSPS) is 12.8. The van der Waals surface area contributed by atoms with Crippen molar-refractivity contribution in [2.75, 3.05) is 25.5 Å². The van der Waals surface area contributed by atoms with Gasteiger partial charge < -0.3 is 10.6 Å². The van der Waals surface area contributed by atoms with Crippen LogP contribution in [0.25, 0.3) is 0 Å². The number of benzene rings is 1. The highest BCUT2D eigenvalue weighted by Gasteiger charge is 2.22. The van der Waals surface area contributed by atoms with Gasteiger partial charge in [0, 0.05) is 11.4 Å². The standard InChI is InChI=1S/C15H18N4OS/c1-10-9-11-14(19(20)8-7-16-2)17-12-5-3-4-6-13(12)18-15(11)21-10/h3-6,9,16,18,20H,7-8H2,1-2H3. The van der Waals surface area contributed by atoms with Gasteiger partial charge in [-0.3, -0.25) is 5.21 Å². The van der Waals surface area contributed by atoms with E-state index >= 15 is 0 Å². The van der Waals surface area contributed by atoms with Crippen LogP contribution >= 0.6 is 11.3 Å². The smallest absolute Gasteiger partial charge is 0.163 e. The Labute approximate surface area is 127 Å². The van der Waals surface area contributed by atoms with Gasteiger partial charge in [0.15, 0.2) is 5.84 Å². The quantitative estimate of drug-likeness (QED) is 0.763. The molecule has 0 aliphatic carbocycles. The molecule has 0 unspecified atom stereocenters. The van der Waals surface area contributed by atoms with Crippen LogP contribution in [0.4, 0.5) is 16.4 Å². The lowest BCUT2D eigenvalue weighted by molar-refractivity contribution is -0.0119. The number of nitrogens with one attached hydrogen (secondary N) is 2. The van der Waals surface area contributed by atoms with E-state index in [0.29, 0.717) is 18.9 Å². The summed E-state index contributed by atoms with van der Waals surface area (Å²) in [6.07, 6.45) is 0. The predicted molar refractivity (Wildman–Crippen MR) is 87.4 cm³/mol. The van der Waals surface area contributed by atoms with Crippen molar-refractivity contribution in [1.82, 2.24) is 10.4 Å². The van der Waals surface area contributed by atoms with E-state index in [0.717, 1.165) is 21.9 Å². The second-order valence-electron chi connectivity index (χ2n) is 4.90. The zero-order valence-corrected chi connectivity index (χ0v) is 12.9. The lowest BCUT2D eigenvalue weighted by Gasteiger charge is -2.18. The van der Waals surface area contributed by atoms with Gasteiger partial charge in [-0.05, 0) is 32.2 Å². The van der Waals surface area contributed by atoms with Crippen LogP contribution in [0.3, 0.4) is 0 Å². The number of hydrogen-bond donors (Lipinski definition) is 3. The monoisotopic (exact) mass is 302 g/mol. The van der Waals surface area contributed by atoms with Crippen molar-refractivity contribution >= 4 is 33.5 Å². The van der Waals surface area contributed by atoms with Crippen molar-refractivity contribution in [1.29, 1.82) is 0 Å². The molecular formula is C15H18N4OS. The van der Waals surface area contributed by atoms with Crippen molar-refractivity contribution in [2.45, 2.75) is 6.92 Å². The number of aryl methyl sites for hydroxylation is 1. The summed E-state index contributed by atoms with van der Waals surface area (Å²) in [5, 5.41) is 19.0. The topological polar surface area (TPSA) is 59.9 Å². The van der Waals surface area contributed by atoms with Crippen LogP contribution in [0.5, 0.6) is 0 Å². The Bertz CT molecular complexity index is 680. The largest absolute Gasteiger partial charge is 0.345 e. The molecule has 2 aromatic rings. The van der Waals surface area contributed by atoms with E-state index in [2.05, 4.69) is 28.6 Å². The van der Waals surface area contributed by atoms with Gasteiger partial charge in [0.1, 0.15) is 5.00 Å². The zero-order chi connectivity index (χ0) is 14.8. The number of rotatable bonds is 3. The molecule has 0 bridgehead atoms.